The number of rotatable bonds is 8. The summed E-state index contributed by atoms with van der Waals surface area (Å²) in [7, 11) is -3.81. The lowest BCUT2D eigenvalue weighted by molar-refractivity contribution is -0.142. The molecule has 33 heavy (non-hydrogen) atoms. The van der Waals surface area contributed by atoms with E-state index in [0.29, 0.717) is 11.1 Å². The molecule has 9 heteroatoms. The van der Waals surface area contributed by atoms with E-state index in [2.05, 4.69) is 4.72 Å². The molecule has 0 aliphatic carbocycles. The summed E-state index contributed by atoms with van der Waals surface area (Å²) in [5, 5.41) is 9.40. The van der Waals surface area contributed by atoms with Crippen molar-refractivity contribution in [3.05, 3.63) is 70.5 Å². The summed E-state index contributed by atoms with van der Waals surface area (Å²) in [6.45, 7) is 8.32. The number of hydrogen-bond donors (Lipinski definition) is 2. The van der Waals surface area contributed by atoms with Crippen LogP contribution in [0.5, 0.6) is 0 Å². The van der Waals surface area contributed by atoms with Crippen molar-refractivity contribution >= 4 is 27.5 Å². The minimum absolute atomic E-state index is 0.00784. The number of carboxylic acids is 1. The topological polar surface area (TPSA) is 110 Å². The third-order valence-corrected chi connectivity index (χ3v) is 6.28. The largest absolute Gasteiger partial charge is 0.481 e. The summed E-state index contributed by atoms with van der Waals surface area (Å²) in [6, 6.07) is 9.88. The Balaban J connectivity index is 2.73. The number of carbonyl (C=O) groups excluding carboxylic acids is 1. The second kappa shape index (κ2) is 10.3. The van der Waals surface area contributed by atoms with Gasteiger partial charge in [-0.3, -0.25) is 4.79 Å². The molecule has 0 amide bonds. The van der Waals surface area contributed by atoms with Crippen molar-refractivity contribution in [2.24, 2.45) is 0 Å². The van der Waals surface area contributed by atoms with Crippen LogP contribution in [0.3, 0.4) is 0 Å². The van der Waals surface area contributed by atoms with E-state index in [1.807, 2.05) is 0 Å². The second-order valence-electron chi connectivity index (χ2n) is 8.49. The number of sulfonamides is 1. The van der Waals surface area contributed by atoms with E-state index < -0.39 is 39.7 Å². The van der Waals surface area contributed by atoms with Crippen LogP contribution < -0.4 is 4.72 Å². The van der Waals surface area contributed by atoms with Crippen LogP contribution in [0.1, 0.15) is 50.8 Å². The number of hydrogen-bond acceptors (Lipinski definition) is 5. The first kappa shape index (κ1) is 26.2. The highest BCUT2D eigenvalue weighted by Crippen LogP contribution is 2.31. The predicted molar refractivity (Wildman–Crippen MR) is 123 cm³/mol. The van der Waals surface area contributed by atoms with Gasteiger partial charge < -0.3 is 9.84 Å². The lowest BCUT2D eigenvalue weighted by Crippen LogP contribution is -2.40. The Morgan fingerprint density at radius 3 is 2.12 bits per heavy atom. The van der Waals surface area contributed by atoms with Gasteiger partial charge in [-0.05, 0) is 69.5 Å². The van der Waals surface area contributed by atoms with Crippen molar-refractivity contribution in [3.8, 4) is 0 Å². The fourth-order valence-electron chi connectivity index (χ4n) is 3.16. The minimum Gasteiger partial charge on any atom is -0.481 e. The molecule has 0 aliphatic heterocycles. The van der Waals surface area contributed by atoms with Crippen molar-refractivity contribution in [1.82, 2.24) is 4.72 Å². The van der Waals surface area contributed by atoms with Gasteiger partial charge in [0, 0.05) is 11.1 Å². The highest BCUT2D eigenvalue weighted by atomic mass is 32.2. The first-order valence-corrected chi connectivity index (χ1v) is 11.8. The summed E-state index contributed by atoms with van der Waals surface area (Å²) in [4.78, 5) is 24.2. The van der Waals surface area contributed by atoms with Crippen LogP contribution >= 0.6 is 0 Å². The van der Waals surface area contributed by atoms with E-state index in [1.54, 1.807) is 40.7 Å². The molecule has 2 N–H and O–H groups in total. The van der Waals surface area contributed by atoms with Gasteiger partial charge in [-0.1, -0.05) is 24.3 Å². The Labute approximate surface area is 193 Å². The Morgan fingerprint density at radius 1 is 1.06 bits per heavy atom. The number of esters is 1. The molecule has 0 aromatic heterocycles. The maximum absolute atomic E-state index is 14.4. The standard InChI is InChI=1S/C24H28FNO6S/c1-6-32-23(29)19(14-21(27)28)22(17-8-7-15(2)20(25)13-17)16-9-11-18(12-10-16)33(30,31)26-24(3,4)5/h7-13,26H,6,14H2,1-5H3,(H,27,28). The molecule has 2 aromatic carbocycles. The summed E-state index contributed by atoms with van der Waals surface area (Å²) in [5.41, 5.74) is 0.283. The molecule has 0 saturated heterocycles. The minimum atomic E-state index is -3.81. The molecule has 0 fully saturated rings. The SMILES string of the molecule is CCOC(=O)C(CC(=O)O)=C(c1ccc(S(=O)(=O)NC(C)(C)C)cc1)c1ccc(C)c(F)c1. The summed E-state index contributed by atoms with van der Waals surface area (Å²) in [6.07, 6.45) is -0.657. The van der Waals surface area contributed by atoms with Crippen molar-refractivity contribution in [2.45, 2.75) is 51.5 Å². The van der Waals surface area contributed by atoms with Gasteiger partial charge in [-0.15, -0.1) is 0 Å². The summed E-state index contributed by atoms with van der Waals surface area (Å²) >= 11 is 0. The number of ether oxygens (including phenoxy) is 1. The van der Waals surface area contributed by atoms with E-state index in [0.717, 1.165) is 0 Å². The van der Waals surface area contributed by atoms with Crippen LogP contribution in [0, 0.1) is 12.7 Å². The smallest absolute Gasteiger partial charge is 0.335 e. The van der Waals surface area contributed by atoms with Crippen molar-refractivity contribution in [2.75, 3.05) is 6.61 Å². The third kappa shape index (κ3) is 6.97. The van der Waals surface area contributed by atoms with Gasteiger partial charge in [0.15, 0.2) is 0 Å². The number of carbonyl (C=O) groups is 2. The molecular formula is C24H28FNO6S. The van der Waals surface area contributed by atoms with Crippen LogP contribution in [-0.4, -0.2) is 37.6 Å². The number of carboxylic acid groups (broad SMARTS) is 1. The third-order valence-electron chi connectivity index (χ3n) is 4.51. The maximum atomic E-state index is 14.4. The molecular weight excluding hydrogens is 449 g/mol. The van der Waals surface area contributed by atoms with Crippen LogP contribution in [0.25, 0.3) is 5.57 Å². The van der Waals surface area contributed by atoms with Crippen molar-refractivity contribution in [3.63, 3.8) is 0 Å². The molecule has 2 aromatic rings. The van der Waals surface area contributed by atoms with Gasteiger partial charge in [0.05, 0.1) is 23.5 Å². The van der Waals surface area contributed by atoms with Gasteiger partial charge in [0.25, 0.3) is 0 Å². The van der Waals surface area contributed by atoms with Gasteiger partial charge in [0.2, 0.25) is 10.0 Å². The maximum Gasteiger partial charge on any atom is 0.335 e. The molecule has 0 atom stereocenters. The number of halogens is 1. The van der Waals surface area contributed by atoms with Crippen LogP contribution in [0.15, 0.2) is 52.9 Å². The molecule has 0 spiro atoms. The zero-order valence-corrected chi connectivity index (χ0v) is 20.0. The highest BCUT2D eigenvalue weighted by Gasteiger charge is 2.25. The van der Waals surface area contributed by atoms with Crippen LogP contribution in [0.4, 0.5) is 4.39 Å². The molecule has 2 rings (SSSR count). The zero-order valence-electron chi connectivity index (χ0n) is 19.2. The number of nitrogens with one attached hydrogen (secondary N) is 1. The Bertz CT molecular complexity index is 1180. The molecule has 7 nitrogen and oxygen atoms in total. The van der Waals surface area contributed by atoms with Gasteiger partial charge in [0.1, 0.15) is 5.82 Å². The van der Waals surface area contributed by atoms with Crippen LogP contribution in [-0.2, 0) is 24.3 Å². The Hall–Kier alpha value is -3.04. The normalized spacial score (nSPS) is 12.8. The van der Waals surface area contributed by atoms with E-state index in [-0.39, 0.29) is 28.2 Å². The van der Waals surface area contributed by atoms with Crippen molar-refractivity contribution < 1.29 is 32.2 Å². The number of aliphatic carboxylic acids is 1. The van der Waals surface area contributed by atoms with E-state index in [9.17, 15) is 27.5 Å². The van der Waals surface area contributed by atoms with Gasteiger partial charge in [-0.2, -0.15) is 0 Å². The zero-order chi connectivity index (χ0) is 25.0. The second-order valence-corrected chi connectivity index (χ2v) is 10.2. The molecule has 0 heterocycles. The molecule has 0 aliphatic rings. The lowest BCUT2D eigenvalue weighted by atomic mass is 9.91. The fourth-order valence-corrected chi connectivity index (χ4v) is 4.58. The first-order chi connectivity index (χ1) is 15.2. The molecule has 0 unspecified atom stereocenters. The molecule has 0 saturated carbocycles. The first-order valence-electron chi connectivity index (χ1n) is 10.3. The quantitative estimate of drug-likeness (QED) is 0.438. The van der Waals surface area contributed by atoms with E-state index in [4.69, 9.17) is 4.74 Å². The average Bonchev–Trinajstić information content (AvgIpc) is 2.68. The lowest BCUT2D eigenvalue weighted by Gasteiger charge is -2.20. The fraction of sp³-hybridized carbons (Fsp3) is 0.333. The highest BCUT2D eigenvalue weighted by molar-refractivity contribution is 7.89. The predicted octanol–water partition coefficient (Wildman–Crippen LogP) is 4.05. The van der Waals surface area contributed by atoms with E-state index >= 15 is 0 Å². The Morgan fingerprint density at radius 2 is 1.64 bits per heavy atom. The van der Waals surface area contributed by atoms with Crippen LogP contribution in [0.2, 0.25) is 0 Å². The van der Waals surface area contributed by atoms with Gasteiger partial charge >= 0.3 is 11.9 Å². The molecule has 178 valence electrons. The summed E-state index contributed by atoms with van der Waals surface area (Å²) in [5.74, 6) is -2.64. The monoisotopic (exact) mass is 477 g/mol. The average molecular weight is 478 g/mol. The molecule has 0 radical (unpaired) electrons. The van der Waals surface area contributed by atoms with Gasteiger partial charge in [-0.25, -0.2) is 22.3 Å². The summed E-state index contributed by atoms with van der Waals surface area (Å²) < 4.78 is 47.2. The number of benzene rings is 2. The Kier molecular flexibility index (Phi) is 8.16. The van der Waals surface area contributed by atoms with E-state index in [1.165, 1.54) is 36.4 Å². The molecule has 0 bridgehead atoms. The number of aryl methyl sites for hydroxylation is 1. The van der Waals surface area contributed by atoms with Crippen molar-refractivity contribution in [1.29, 1.82) is 0 Å².